The van der Waals surface area contributed by atoms with Crippen molar-refractivity contribution in [1.29, 1.82) is 0 Å². The smallest absolute Gasteiger partial charge is 0.335 e. The second-order valence-electron chi connectivity index (χ2n) is 9.77. The Morgan fingerprint density at radius 1 is 0.727 bits per heavy atom. The quantitative estimate of drug-likeness (QED) is 0.179. The summed E-state index contributed by atoms with van der Waals surface area (Å²) in [7, 11) is 0. The largest absolute Gasteiger partial charge is 0.485 e. The average molecular weight is 640 g/mol. The van der Waals surface area contributed by atoms with Gasteiger partial charge in [0.1, 0.15) is 13.2 Å². The van der Waals surface area contributed by atoms with Crippen LogP contribution >= 0.6 is 34.0 Å². The molecule has 218 valence electrons. The summed E-state index contributed by atoms with van der Waals surface area (Å²) in [5, 5.41) is 21.3. The maximum atomic E-state index is 12.0. The van der Waals surface area contributed by atoms with E-state index in [0.29, 0.717) is 24.6 Å². The number of carboxylic acids is 2. The van der Waals surface area contributed by atoms with E-state index >= 15 is 0 Å². The number of ether oxygens (including phenoxy) is 2. The second kappa shape index (κ2) is 11.3. The van der Waals surface area contributed by atoms with Gasteiger partial charge in [-0.2, -0.15) is 0 Å². The summed E-state index contributed by atoms with van der Waals surface area (Å²) < 4.78 is 12.2. The van der Waals surface area contributed by atoms with E-state index in [1.165, 1.54) is 35.3 Å². The van der Waals surface area contributed by atoms with Gasteiger partial charge in [-0.15, -0.1) is 34.0 Å². The number of hydrogen-bond donors (Lipinski definition) is 2. The number of carboxylic acid groups (broad SMARTS) is 2. The summed E-state index contributed by atoms with van der Waals surface area (Å²) in [6, 6.07) is 15.5. The van der Waals surface area contributed by atoms with E-state index in [2.05, 4.69) is 39.4 Å². The van der Waals surface area contributed by atoms with E-state index in [9.17, 15) is 19.8 Å². The van der Waals surface area contributed by atoms with Crippen LogP contribution in [0.25, 0.3) is 53.4 Å². The van der Waals surface area contributed by atoms with Crippen molar-refractivity contribution in [2.45, 2.75) is 6.92 Å². The zero-order valence-electron chi connectivity index (χ0n) is 22.9. The van der Waals surface area contributed by atoms with Gasteiger partial charge < -0.3 is 19.7 Å². The first-order chi connectivity index (χ1) is 21.4. The van der Waals surface area contributed by atoms with Crippen molar-refractivity contribution in [3.8, 4) is 64.9 Å². The molecular formula is C32H21N3O6S3. The fourth-order valence-corrected chi connectivity index (χ4v) is 8.02. The summed E-state index contributed by atoms with van der Waals surface area (Å²) in [5.74, 6) is -0.699. The SMILES string of the molecule is Cc1sccc1-c1sc(-c2ccc(-c3ccnc(-c4cc(C(=O)O)cc(-c5cc(C(=O)O)ccn5)n4)c3)s2)c2c1OCCO2. The van der Waals surface area contributed by atoms with Crippen LogP contribution in [0.15, 0.2) is 72.4 Å². The first-order valence-electron chi connectivity index (χ1n) is 13.3. The van der Waals surface area contributed by atoms with Gasteiger partial charge in [-0.05, 0) is 72.5 Å². The zero-order chi connectivity index (χ0) is 30.4. The van der Waals surface area contributed by atoms with Crippen molar-refractivity contribution in [3.05, 3.63) is 88.4 Å². The van der Waals surface area contributed by atoms with Gasteiger partial charge in [0.25, 0.3) is 0 Å². The Morgan fingerprint density at radius 2 is 1.36 bits per heavy atom. The monoisotopic (exact) mass is 639 g/mol. The molecule has 0 atom stereocenters. The number of rotatable bonds is 7. The maximum Gasteiger partial charge on any atom is 0.335 e. The fourth-order valence-electron chi connectivity index (χ4n) is 4.87. The third kappa shape index (κ3) is 5.12. The van der Waals surface area contributed by atoms with E-state index in [0.717, 1.165) is 42.1 Å². The molecule has 0 amide bonds. The highest BCUT2D eigenvalue weighted by atomic mass is 32.1. The standard InChI is InChI=1S/C32H21N3O6S3/c1-16-20(6-11-42-16)29-27-28(41-10-9-40-27)30(44-29)26-3-2-25(43-26)17-4-7-33-21(12-17)23-14-19(32(38)39)15-24(35-23)22-13-18(31(36)37)5-8-34-22/h2-8,11-15H,9-10H2,1H3,(H,36,37)(H,38,39). The molecule has 12 heteroatoms. The van der Waals surface area contributed by atoms with Crippen molar-refractivity contribution in [3.63, 3.8) is 0 Å². The predicted octanol–water partition coefficient (Wildman–Crippen LogP) is 7.87. The Kier molecular flexibility index (Phi) is 7.17. The van der Waals surface area contributed by atoms with Gasteiger partial charge in [0, 0.05) is 32.6 Å². The lowest BCUT2D eigenvalue weighted by atomic mass is 10.1. The number of nitrogens with zero attached hydrogens (tertiary/aromatic N) is 3. The van der Waals surface area contributed by atoms with Crippen molar-refractivity contribution in [2.75, 3.05) is 13.2 Å². The van der Waals surface area contributed by atoms with Crippen LogP contribution in [0.4, 0.5) is 0 Å². The highest BCUT2D eigenvalue weighted by molar-refractivity contribution is 7.26. The number of hydrogen-bond acceptors (Lipinski definition) is 10. The number of carbonyl (C=O) groups is 2. The molecule has 2 N–H and O–H groups in total. The van der Waals surface area contributed by atoms with Crippen LogP contribution in [0.2, 0.25) is 0 Å². The second-order valence-corrected chi connectivity index (χ2v) is 13.0. The third-order valence-corrected chi connectivity index (χ3v) is 10.3. The predicted molar refractivity (Wildman–Crippen MR) is 170 cm³/mol. The number of thiophene rings is 3. The van der Waals surface area contributed by atoms with E-state index in [1.807, 2.05) is 18.2 Å². The van der Waals surface area contributed by atoms with Gasteiger partial charge in [-0.3, -0.25) is 9.97 Å². The lowest BCUT2D eigenvalue weighted by Crippen LogP contribution is -2.14. The molecule has 0 fully saturated rings. The van der Waals surface area contributed by atoms with Crippen LogP contribution < -0.4 is 9.47 Å². The number of aryl methyl sites for hydroxylation is 1. The van der Waals surface area contributed by atoms with E-state index in [-0.39, 0.29) is 22.5 Å². The Balaban J connectivity index is 1.26. The first-order valence-corrected chi connectivity index (χ1v) is 15.9. The Bertz CT molecular complexity index is 2080. The minimum Gasteiger partial charge on any atom is -0.485 e. The zero-order valence-corrected chi connectivity index (χ0v) is 25.4. The molecule has 0 bridgehead atoms. The molecule has 0 aliphatic carbocycles. The molecule has 6 aromatic heterocycles. The Hall–Kier alpha value is -4.91. The molecular weight excluding hydrogens is 619 g/mol. The summed E-state index contributed by atoms with van der Waals surface area (Å²) >= 11 is 4.98. The molecule has 9 nitrogen and oxygen atoms in total. The first kappa shape index (κ1) is 27.9. The van der Waals surface area contributed by atoms with Crippen LogP contribution in [0.5, 0.6) is 11.5 Å². The molecule has 1 aliphatic rings. The van der Waals surface area contributed by atoms with Crippen LogP contribution in [0, 0.1) is 6.92 Å². The maximum absolute atomic E-state index is 12.0. The molecule has 6 aromatic rings. The number of pyridine rings is 3. The number of fused-ring (bicyclic) bond motifs is 1. The molecule has 0 unspecified atom stereocenters. The summed E-state index contributed by atoms with van der Waals surface area (Å²) in [6.07, 6.45) is 3.01. The highest BCUT2D eigenvalue weighted by Crippen LogP contribution is 2.56. The molecule has 0 saturated carbocycles. The molecule has 44 heavy (non-hydrogen) atoms. The van der Waals surface area contributed by atoms with Gasteiger partial charge in [0.05, 0.1) is 43.7 Å². The van der Waals surface area contributed by atoms with E-state index in [1.54, 1.807) is 40.2 Å². The van der Waals surface area contributed by atoms with Gasteiger partial charge in [-0.25, -0.2) is 14.6 Å². The van der Waals surface area contributed by atoms with E-state index in [4.69, 9.17) is 9.47 Å². The fraction of sp³-hybridized carbons (Fsp3) is 0.0938. The van der Waals surface area contributed by atoms with Crippen LogP contribution in [-0.4, -0.2) is 50.3 Å². The van der Waals surface area contributed by atoms with Gasteiger partial charge in [-0.1, -0.05) is 0 Å². The average Bonchev–Trinajstić information content (AvgIpc) is 3.79. The molecule has 0 spiro atoms. The molecule has 0 aromatic carbocycles. The van der Waals surface area contributed by atoms with Crippen molar-refractivity contribution in [1.82, 2.24) is 15.0 Å². The molecule has 0 radical (unpaired) electrons. The van der Waals surface area contributed by atoms with Crippen LogP contribution in [-0.2, 0) is 0 Å². The normalized spacial score (nSPS) is 12.3. The van der Waals surface area contributed by atoms with Crippen molar-refractivity contribution in [2.24, 2.45) is 0 Å². The molecule has 7 rings (SSSR count). The minimum absolute atomic E-state index is 0.0144. The topological polar surface area (TPSA) is 132 Å². The Labute approximate surface area is 262 Å². The number of aromatic carboxylic acids is 2. The third-order valence-electron chi connectivity index (χ3n) is 6.98. The number of aromatic nitrogens is 3. The molecule has 0 saturated heterocycles. The lowest BCUT2D eigenvalue weighted by Gasteiger charge is -2.17. The highest BCUT2D eigenvalue weighted by Gasteiger charge is 2.28. The van der Waals surface area contributed by atoms with Crippen molar-refractivity contribution >= 4 is 45.9 Å². The summed E-state index contributed by atoms with van der Waals surface area (Å²) in [6.45, 7) is 3.10. The van der Waals surface area contributed by atoms with Gasteiger partial charge >= 0.3 is 11.9 Å². The van der Waals surface area contributed by atoms with Gasteiger partial charge in [0.2, 0.25) is 0 Å². The van der Waals surface area contributed by atoms with Crippen LogP contribution in [0.3, 0.4) is 0 Å². The summed E-state index contributed by atoms with van der Waals surface area (Å²) in [5.41, 5.74) is 3.33. The van der Waals surface area contributed by atoms with Crippen LogP contribution in [0.1, 0.15) is 25.6 Å². The van der Waals surface area contributed by atoms with Gasteiger partial charge in [0.15, 0.2) is 11.5 Å². The summed E-state index contributed by atoms with van der Waals surface area (Å²) in [4.78, 5) is 42.1. The molecule has 7 heterocycles. The lowest BCUT2D eigenvalue weighted by molar-refractivity contribution is 0.0686. The molecule has 1 aliphatic heterocycles. The van der Waals surface area contributed by atoms with Crippen molar-refractivity contribution < 1.29 is 29.3 Å². The van der Waals surface area contributed by atoms with E-state index < -0.39 is 11.9 Å². The minimum atomic E-state index is -1.15. The Morgan fingerprint density at radius 3 is 2.05 bits per heavy atom.